The molecule has 0 amide bonds. The van der Waals surface area contributed by atoms with Crippen LogP contribution in [0.3, 0.4) is 0 Å². The smallest absolute Gasteiger partial charge is 0.0779 e. The lowest BCUT2D eigenvalue weighted by atomic mass is 9.97. The molecular formula is C16H38O7. The van der Waals surface area contributed by atoms with Gasteiger partial charge in [-0.2, -0.15) is 0 Å². The van der Waals surface area contributed by atoms with E-state index in [2.05, 4.69) is 0 Å². The van der Waals surface area contributed by atoms with Crippen molar-refractivity contribution in [2.75, 3.05) is 39.6 Å². The van der Waals surface area contributed by atoms with Crippen molar-refractivity contribution in [3.63, 3.8) is 0 Å². The zero-order valence-electron chi connectivity index (χ0n) is 15.5. The first-order valence-corrected chi connectivity index (χ1v) is 7.75. The van der Waals surface area contributed by atoms with Crippen molar-refractivity contribution in [2.24, 2.45) is 10.8 Å². The molecule has 7 nitrogen and oxygen atoms in total. The molecule has 0 aromatic carbocycles. The van der Waals surface area contributed by atoms with Crippen LogP contribution in [0.5, 0.6) is 0 Å². The topological polar surface area (TPSA) is 131 Å². The van der Waals surface area contributed by atoms with Gasteiger partial charge in [0.05, 0.1) is 51.8 Å². The van der Waals surface area contributed by atoms with Crippen molar-refractivity contribution < 1.29 is 35.4 Å². The van der Waals surface area contributed by atoms with E-state index < -0.39 is 6.10 Å². The maximum atomic E-state index is 8.69. The lowest BCUT2D eigenvalue weighted by Gasteiger charge is -2.16. The lowest BCUT2D eigenvalue weighted by Crippen LogP contribution is -2.20. The van der Waals surface area contributed by atoms with E-state index in [1.807, 2.05) is 0 Å². The zero-order chi connectivity index (χ0) is 19.1. The van der Waals surface area contributed by atoms with Gasteiger partial charge in [0.15, 0.2) is 0 Å². The Morgan fingerprint density at radius 1 is 0.739 bits per heavy atom. The highest BCUT2D eigenvalue weighted by molar-refractivity contribution is 4.63. The molecule has 0 rings (SSSR count). The van der Waals surface area contributed by atoms with Crippen LogP contribution in [0.15, 0.2) is 0 Å². The molecular weight excluding hydrogens is 304 g/mol. The van der Waals surface area contributed by atoms with Gasteiger partial charge in [-0.15, -0.1) is 0 Å². The number of hydrogen-bond donors (Lipinski definition) is 6. The van der Waals surface area contributed by atoms with Gasteiger partial charge >= 0.3 is 0 Å². The fourth-order valence-electron chi connectivity index (χ4n) is 0.456. The van der Waals surface area contributed by atoms with Crippen molar-refractivity contribution in [2.45, 2.75) is 53.8 Å². The predicted octanol–water partition coefficient (Wildman–Crippen LogP) is -0.241. The highest BCUT2D eigenvalue weighted by Gasteiger charge is 2.13. The van der Waals surface area contributed by atoms with Gasteiger partial charge in [0.1, 0.15) is 0 Å². The second-order valence-corrected chi connectivity index (χ2v) is 7.14. The molecule has 23 heavy (non-hydrogen) atoms. The van der Waals surface area contributed by atoms with E-state index in [-0.39, 0.29) is 50.0 Å². The Labute approximate surface area is 140 Å². The quantitative estimate of drug-likeness (QED) is 0.359. The number of ether oxygens (including phenoxy) is 1. The number of rotatable bonds is 8. The van der Waals surface area contributed by atoms with Crippen LogP contribution in [0.25, 0.3) is 0 Å². The maximum absolute atomic E-state index is 8.69. The van der Waals surface area contributed by atoms with Crippen LogP contribution in [0.1, 0.15) is 41.5 Å². The average Bonchev–Trinajstić information content (AvgIpc) is 2.53. The van der Waals surface area contributed by atoms with Crippen LogP contribution in [0, 0.1) is 10.8 Å². The molecule has 0 saturated heterocycles. The molecule has 7 heteroatoms. The van der Waals surface area contributed by atoms with Gasteiger partial charge in [-0.3, -0.25) is 0 Å². The first-order valence-electron chi connectivity index (χ1n) is 7.75. The Kier molecular flexibility index (Phi) is 18.3. The summed E-state index contributed by atoms with van der Waals surface area (Å²) < 4.78 is 4.95. The van der Waals surface area contributed by atoms with Gasteiger partial charge in [-0.05, 0) is 13.8 Å². The van der Waals surface area contributed by atoms with Crippen LogP contribution in [0.4, 0.5) is 0 Å². The second-order valence-electron chi connectivity index (χ2n) is 7.14. The third kappa shape index (κ3) is 24.1. The fourth-order valence-corrected chi connectivity index (χ4v) is 0.456. The van der Waals surface area contributed by atoms with E-state index in [4.69, 9.17) is 35.4 Å². The maximum Gasteiger partial charge on any atom is 0.0779 e. The summed E-state index contributed by atoms with van der Waals surface area (Å²) in [5.41, 5.74) is -0.611. The summed E-state index contributed by atoms with van der Waals surface area (Å²) in [6.45, 7) is 11.1. The average molecular weight is 342 g/mol. The van der Waals surface area contributed by atoms with E-state index in [9.17, 15) is 0 Å². The van der Waals surface area contributed by atoms with Crippen molar-refractivity contribution in [1.29, 1.82) is 0 Å². The molecule has 0 fully saturated rings. The highest BCUT2D eigenvalue weighted by atomic mass is 16.5. The normalized spacial score (nSPS) is 14.1. The SMILES string of the molecule is CC(C)(CO)CO.CC(C)(CO)CO.CC(O)COC(C)CO. The molecule has 2 atom stereocenters. The summed E-state index contributed by atoms with van der Waals surface area (Å²) in [6, 6.07) is 0. The van der Waals surface area contributed by atoms with Crippen LogP contribution in [0.2, 0.25) is 0 Å². The van der Waals surface area contributed by atoms with E-state index in [1.54, 1.807) is 41.5 Å². The van der Waals surface area contributed by atoms with Gasteiger partial charge < -0.3 is 35.4 Å². The van der Waals surface area contributed by atoms with E-state index in [1.165, 1.54) is 0 Å². The Hall–Kier alpha value is -0.280. The minimum Gasteiger partial charge on any atom is -0.396 e. The van der Waals surface area contributed by atoms with Crippen LogP contribution >= 0.6 is 0 Å². The van der Waals surface area contributed by atoms with Crippen molar-refractivity contribution >= 4 is 0 Å². The lowest BCUT2D eigenvalue weighted by molar-refractivity contribution is -0.0177. The summed E-state index contributed by atoms with van der Waals surface area (Å²) in [7, 11) is 0. The molecule has 0 aromatic rings. The minimum absolute atomic E-state index is 0.00667. The summed E-state index contributed by atoms with van der Waals surface area (Å²) in [6.07, 6.45) is -0.612. The molecule has 0 heterocycles. The summed E-state index contributed by atoms with van der Waals surface area (Å²) >= 11 is 0. The third-order valence-corrected chi connectivity index (χ3v) is 2.59. The minimum atomic E-state index is -0.445. The second kappa shape index (κ2) is 15.3. The van der Waals surface area contributed by atoms with Gasteiger partial charge in [0, 0.05) is 10.8 Å². The fraction of sp³-hybridized carbons (Fsp3) is 1.00. The molecule has 0 aliphatic heterocycles. The largest absolute Gasteiger partial charge is 0.396 e. The number of aliphatic hydroxyl groups excluding tert-OH is 6. The molecule has 0 spiro atoms. The molecule has 144 valence electrons. The third-order valence-electron chi connectivity index (χ3n) is 2.59. The highest BCUT2D eigenvalue weighted by Crippen LogP contribution is 2.10. The predicted molar refractivity (Wildman–Crippen MR) is 90.1 cm³/mol. The van der Waals surface area contributed by atoms with Crippen LogP contribution < -0.4 is 0 Å². The Morgan fingerprint density at radius 3 is 1.17 bits per heavy atom. The Bertz CT molecular complexity index is 215. The van der Waals surface area contributed by atoms with Crippen LogP contribution in [-0.4, -0.2) is 82.5 Å². The molecule has 0 aliphatic rings. The Morgan fingerprint density at radius 2 is 1.04 bits per heavy atom. The Balaban J connectivity index is -0.000000264. The molecule has 2 unspecified atom stereocenters. The van der Waals surface area contributed by atoms with Crippen molar-refractivity contribution in [3.05, 3.63) is 0 Å². The molecule has 0 aromatic heterocycles. The number of hydrogen-bond acceptors (Lipinski definition) is 7. The zero-order valence-corrected chi connectivity index (χ0v) is 15.5. The van der Waals surface area contributed by atoms with Gasteiger partial charge in [-0.1, -0.05) is 27.7 Å². The summed E-state index contributed by atoms with van der Waals surface area (Å²) in [5, 5.41) is 50.9. The standard InChI is InChI=1S/C6H14O3.2C5H12O2/c1-5(8)4-9-6(2)3-7;2*1-5(2,3-6)4-7/h5-8H,3-4H2,1-2H3;2*6-7H,3-4H2,1-2H3. The first-order chi connectivity index (χ1) is 10.4. The monoisotopic (exact) mass is 342 g/mol. The first kappa shape index (κ1) is 27.6. The van der Waals surface area contributed by atoms with Gasteiger partial charge in [-0.25, -0.2) is 0 Å². The van der Waals surface area contributed by atoms with Crippen LogP contribution in [-0.2, 0) is 4.74 Å². The number of aliphatic hydroxyl groups is 6. The van der Waals surface area contributed by atoms with Crippen molar-refractivity contribution in [1.82, 2.24) is 0 Å². The molecule has 0 saturated carbocycles. The molecule has 0 aliphatic carbocycles. The molecule has 6 N–H and O–H groups in total. The van der Waals surface area contributed by atoms with E-state index in [0.29, 0.717) is 6.61 Å². The summed E-state index contributed by atoms with van der Waals surface area (Å²) in [5.74, 6) is 0. The molecule has 0 bridgehead atoms. The van der Waals surface area contributed by atoms with Crippen molar-refractivity contribution in [3.8, 4) is 0 Å². The summed E-state index contributed by atoms with van der Waals surface area (Å²) in [4.78, 5) is 0. The van der Waals surface area contributed by atoms with Gasteiger partial charge in [0.25, 0.3) is 0 Å². The molecule has 0 radical (unpaired) electrons. The van der Waals surface area contributed by atoms with E-state index in [0.717, 1.165) is 0 Å². The van der Waals surface area contributed by atoms with Gasteiger partial charge in [0.2, 0.25) is 0 Å². The van der Waals surface area contributed by atoms with E-state index >= 15 is 0 Å².